The molecule has 0 radical (unpaired) electrons. The number of aromatic nitrogens is 3. The van der Waals surface area contributed by atoms with Crippen LogP contribution in [0.2, 0.25) is 0 Å². The molecular weight excluding hydrogens is 358 g/mol. The monoisotopic (exact) mass is 377 g/mol. The number of hydrogen-bond donors (Lipinski definition) is 1. The van der Waals surface area contributed by atoms with Gasteiger partial charge in [-0.3, -0.25) is 9.36 Å². The zero-order chi connectivity index (χ0) is 19.8. The number of nitrogens with one attached hydrogen (secondary N) is 1. The number of H-pyrrole nitrogens is 1. The summed E-state index contributed by atoms with van der Waals surface area (Å²) in [4.78, 5) is 21.5. The van der Waals surface area contributed by atoms with Crippen LogP contribution in [0.25, 0.3) is 39.6 Å². The van der Waals surface area contributed by atoms with E-state index in [1.165, 1.54) is 0 Å². The van der Waals surface area contributed by atoms with Crippen molar-refractivity contribution >= 4 is 34.0 Å². The second kappa shape index (κ2) is 6.91. The summed E-state index contributed by atoms with van der Waals surface area (Å²) in [6.07, 6.45) is 3.95. The summed E-state index contributed by atoms with van der Waals surface area (Å²) in [6, 6.07) is 25.3. The van der Waals surface area contributed by atoms with Gasteiger partial charge in [-0.1, -0.05) is 48.5 Å². The maximum atomic E-state index is 13.3. The van der Waals surface area contributed by atoms with E-state index in [-0.39, 0.29) is 5.56 Å². The van der Waals surface area contributed by atoms with Crippen molar-refractivity contribution in [2.24, 2.45) is 0 Å². The molecule has 29 heavy (non-hydrogen) atoms. The van der Waals surface area contributed by atoms with Crippen LogP contribution in [0.5, 0.6) is 0 Å². The molecule has 0 aliphatic carbocycles. The Morgan fingerprint density at radius 3 is 2.34 bits per heavy atom. The predicted molar refractivity (Wildman–Crippen MR) is 119 cm³/mol. The number of para-hydroxylation sites is 3. The summed E-state index contributed by atoms with van der Waals surface area (Å²) in [5.74, 6) is 0.601. The fraction of sp³-hybridized carbons (Fsp3) is 0.0400. The van der Waals surface area contributed by atoms with E-state index >= 15 is 0 Å². The molecule has 0 fully saturated rings. The smallest absolute Gasteiger partial charge is 0.266 e. The number of aromatic amines is 1. The van der Waals surface area contributed by atoms with Gasteiger partial charge >= 0.3 is 0 Å². The van der Waals surface area contributed by atoms with E-state index in [1.54, 1.807) is 4.57 Å². The van der Waals surface area contributed by atoms with Crippen molar-refractivity contribution < 1.29 is 0 Å². The number of fused-ring (bicyclic) bond motifs is 2. The van der Waals surface area contributed by atoms with Gasteiger partial charge in [-0.25, -0.2) is 4.98 Å². The van der Waals surface area contributed by atoms with E-state index in [4.69, 9.17) is 4.98 Å². The molecule has 2 heterocycles. The molecule has 2 aromatic heterocycles. The quantitative estimate of drug-likeness (QED) is 0.461. The van der Waals surface area contributed by atoms with Gasteiger partial charge in [0.15, 0.2) is 0 Å². The third-order valence-electron chi connectivity index (χ3n) is 5.16. The van der Waals surface area contributed by atoms with Crippen LogP contribution >= 0.6 is 0 Å². The first-order valence-corrected chi connectivity index (χ1v) is 9.55. The molecule has 1 N–H and O–H groups in total. The van der Waals surface area contributed by atoms with Gasteiger partial charge in [-0.05, 0) is 49.4 Å². The lowest BCUT2D eigenvalue weighted by atomic mass is 10.1. The normalized spacial score (nSPS) is 11.6. The van der Waals surface area contributed by atoms with Crippen LogP contribution in [-0.2, 0) is 0 Å². The molecule has 0 saturated heterocycles. The van der Waals surface area contributed by atoms with Crippen molar-refractivity contribution in [1.29, 1.82) is 0 Å². The average molecular weight is 377 g/mol. The zero-order valence-electron chi connectivity index (χ0n) is 16.0. The molecule has 0 aliphatic heterocycles. The van der Waals surface area contributed by atoms with Crippen LogP contribution in [-0.4, -0.2) is 14.5 Å². The van der Waals surface area contributed by atoms with Crippen LogP contribution in [0.4, 0.5) is 0 Å². The second-order valence-corrected chi connectivity index (χ2v) is 7.01. The van der Waals surface area contributed by atoms with Crippen molar-refractivity contribution in [2.75, 3.05) is 0 Å². The lowest BCUT2D eigenvalue weighted by molar-refractivity contribution is 0.944. The fourth-order valence-electron chi connectivity index (χ4n) is 3.76. The lowest BCUT2D eigenvalue weighted by Gasteiger charge is -2.11. The maximum absolute atomic E-state index is 13.3. The van der Waals surface area contributed by atoms with Gasteiger partial charge in [0.05, 0.1) is 16.6 Å². The molecule has 4 heteroatoms. The van der Waals surface area contributed by atoms with Crippen LogP contribution in [0.1, 0.15) is 17.1 Å². The molecule has 0 amide bonds. The van der Waals surface area contributed by atoms with Gasteiger partial charge in [-0.15, -0.1) is 0 Å². The number of nitrogens with zero attached hydrogens (tertiary/aromatic N) is 2. The molecule has 0 spiro atoms. The molecule has 140 valence electrons. The second-order valence-electron chi connectivity index (χ2n) is 7.01. The molecule has 4 nitrogen and oxygen atoms in total. The van der Waals surface area contributed by atoms with E-state index in [1.807, 2.05) is 78.9 Å². The van der Waals surface area contributed by atoms with E-state index in [9.17, 15) is 4.79 Å². The first-order chi connectivity index (χ1) is 14.2. The fourth-order valence-corrected chi connectivity index (χ4v) is 3.76. The molecule has 5 aromatic rings. The minimum Gasteiger partial charge on any atom is -0.358 e. The summed E-state index contributed by atoms with van der Waals surface area (Å²) < 4.78 is 1.67. The van der Waals surface area contributed by atoms with Crippen LogP contribution in [0.3, 0.4) is 0 Å². The molecular formula is C25H19N3O. The van der Waals surface area contributed by atoms with Crippen LogP contribution < -0.4 is 5.56 Å². The molecule has 0 saturated carbocycles. The number of aryl methyl sites for hydroxylation is 1. The average Bonchev–Trinajstić information content (AvgIpc) is 3.08. The van der Waals surface area contributed by atoms with Crippen LogP contribution in [0.15, 0.2) is 83.7 Å². The number of benzene rings is 3. The van der Waals surface area contributed by atoms with Crippen molar-refractivity contribution in [3.05, 3.63) is 106 Å². The van der Waals surface area contributed by atoms with Gasteiger partial charge in [0.2, 0.25) is 0 Å². The SMILES string of the molecule is Cc1[nH]c2ccccc2c1/C=C/c1nc2ccccc2c(=O)n1-c1ccccc1. The molecule has 0 atom stereocenters. The van der Waals surface area contributed by atoms with Gasteiger partial charge < -0.3 is 4.98 Å². The Balaban J connectivity index is 1.75. The molecule has 3 aromatic carbocycles. The summed E-state index contributed by atoms with van der Waals surface area (Å²) in [5, 5.41) is 1.76. The molecule has 5 rings (SSSR count). The molecule has 0 unspecified atom stereocenters. The highest BCUT2D eigenvalue weighted by atomic mass is 16.1. The topological polar surface area (TPSA) is 50.7 Å². The third-order valence-corrected chi connectivity index (χ3v) is 5.16. The minimum absolute atomic E-state index is 0.0721. The first kappa shape index (κ1) is 17.2. The van der Waals surface area contributed by atoms with Crippen molar-refractivity contribution in [2.45, 2.75) is 6.92 Å². The van der Waals surface area contributed by atoms with E-state index in [2.05, 4.69) is 24.0 Å². The summed E-state index contributed by atoms with van der Waals surface area (Å²) in [7, 11) is 0. The Hall–Kier alpha value is -3.92. The summed E-state index contributed by atoms with van der Waals surface area (Å²) in [5.41, 5.74) is 4.69. The highest BCUT2D eigenvalue weighted by molar-refractivity contribution is 5.93. The highest BCUT2D eigenvalue weighted by Gasteiger charge is 2.11. The Kier molecular flexibility index (Phi) is 4.10. The number of hydrogen-bond acceptors (Lipinski definition) is 2. The number of rotatable bonds is 3. The maximum Gasteiger partial charge on any atom is 0.266 e. The van der Waals surface area contributed by atoms with Gasteiger partial charge in [0.1, 0.15) is 5.82 Å². The van der Waals surface area contributed by atoms with E-state index in [0.29, 0.717) is 16.7 Å². The Labute approximate surface area is 167 Å². The standard InChI is InChI=1S/C25H19N3O/c1-17-19(20-11-5-7-13-22(20)26-17)15-16-24-27-23-14-8-6-12-21(23)25(29)28(24)18-9-3-2-4-10-18/h2-16,26H,1H3/b16-15+. The summed E-state index contributed by atoms with van der Waals surface area (Å²) in [6.45, 7) is 2.05. The van der Waals surface area contributed by atoms with Gasteiger partial charge in [-0.2, -0.15) is 0 Å². The van der Waals surface area contributed by atoms with Crippen molar-refractivity contribution in [3.8, 4) is 5.69 Å². The summed E-state index contributed by atoms with van der Waals surface area (Å²) >= 11 is 0. The van der Waals surface area contributed by atoms with Crippen molar-refractivity contribution in [3.63, 3.8) is 0 Å². The Morgan fingerprint density at radius 1 is 0.828 bits per heavy atom. The Bertz CT molecular complexity index is 1430. The first-order valence-electron chi connectivity index (χ1n) is 9.55. The predicted octanol–water partition coefficient (Wildman–Crippen LogP) is 5.35. The minimum atomic E-state index is -0.0721. The zero-order valence-corrected chi connectivity index (χ0v) is 16.0. The third kappa shape index (κ3) is 2.95. The lowest BCUT2D eigenvalue weighted by Crippen LogP contribution is -2.22. The largest absolute Gasteiger partial charge is 0.358 e. The van der Waals surface area contributed by atoms with Gasteiger partial charge in [0, 0.05) is 22.2 Å². The highest BCUT2D eigenvalue weighted by Crippen LogP contribution is 2.24. The van der Waals surface area contributed by atoms with E-state index < -0.39 is 0 Å². The van der Waals surface area contributed by atoms with Crippen molar-refractivity contribution in [1.82, 2.24) is 14.5 Å². The van der Waals surface area contributed by atoms with Gasteiger partial charge in [0.25, 0.3) is 5.56 Å². The van der Waals surface area contributed by atoms with Crippen LogP contribution in [0, 0.1) is 6.92 Å². The molecule has 0 bridgehead atoms. The molecule has 0 aliphatic rings. The van der Waals surface area contributed by atoms with E-state index in [0.717, 1.165) is 27.8 Å². The Morgan fingerprint density at radius 2 is 1.52 bits per heavy atom.